The maximum atomic E-state index is 8.82. The van der Waals surface area contributed by atoms with E-state index in [4.69, 9.17) is 28.3 Å². The molecule has 2 N–H and O–H groups in total. The van der Waals surface area contributed by atoms with Crippen LogP contribution in [0.5, 0.6) is 0 Å². The van der Waals surface area contributed by atoms with Gasteiger partial charge in [-0.1, -0.05) is 37.0 Å². The summed E-state index contributed by atoms with van der Waals surface area (Å²) in [6, 6.07) is 1.67. The van der Waals surface area contributed by atoms with Gasteiger partial charge in [0.15, 0.2) is 0 Å². The molecule has 0 aliphatic carbocycles. The van der Waals surface area contributed by atoms with Crippen molar-refractivity contribution in [1.29, 1.82) is 0 Å². The number of halogens is 2. The number of aliphatic hydroxyl groups excluding tert-OH is 1. The van der Waals surface area contributed by atoms with Crippen LogP contribution in [0.15, 0.2) is 12.3 Å². The van der Waals surface area contributed by atoms with Crippen molar-refractivity contribution in [2.24, 2.45) is 5.41 Å². The minimum absolute atomic E-state index is 0.0906. The first-order valence-electron chi connectivity index (χ1n) is 5.60. The topological polar surface area (TPSA) is 45.1 Å². The predicted molar refractivity (Wildman–Crippen MR) is 72.8 cm³/mol. The summed E-state index contributed by atoms with van der Waals surface area (Å²) in [6.07, 6.45) is 3.31. The number of nitrogens with zero attached hydrogens (tertiary/aromatic N) is 1. The normalized spacial score (nSPS) is 11.6. The lowest BCUT2D eigenvalue weighted by Crippen LogP contribution is -2.23. The average Bonchev–Trinajstić information content (AvgIpc) is 2.25. The summed E-state index contributed by atoms with van der Waals surface area (Å²) in [4.78, 5) is 4.14. The van der Waals surface area contributed by atoms with Crippen LogP contribution in [0, 0.1) is 5.41 Å². The first-order valence-corrected chi connectivity index (χ1v) is 6.36. The van der Waals surface area contributed by atoms with Crippen LogP contribution in [-0.4, -0.2) is 23.2 Å². The zero-order valence-electron chi connectivity index (χ0n) is 10.1. The smallest absolute Gasteiger partial charge is 0.144 e. The summed E-state index contributed by atoms with van der Waals surface area (Å²) in [5, 5.41) is 13.1. The molecule has 1 heterocycles. The summed E-state index contributed by atoms with van der Waals surface area (Å²) in [5.41, 5.74) is 0.0906. The van der Waals surface area contributed by atoms with Crippen LogP contribution in [0.2, 0.25) is 10.0 Å². The molecule has 0 unspecified atom stereocenters. The van der Waals surface area contributed by atoms with E-state index in [0.29, 0.717) is 15.9 Å². The van der Waals surface area contributed by atoms with Crippen molar-refractivity contribution in [1.82, 2.24) is 4.98 Å². The molecule has 0 bridgehead atoms. The molecule has 17 heavy (non-hydrogen) atoms. The van der Waals surface area contributed by atoms with Gasteiger partial charge in [-0.15, -0.1) is 0 Å². The zero-order chi connectivity index (χ0) is 12.9. The molecular formula is C12H18Cl2N2O. The summed E-state index contributed by atoms with van der Waals surface area (Å²) < 4.78 is 0. The summed E-state index contributed by atoms with van der Waals surface area (Å²) in [7, 11) is 0. The average molecular weight is 277 g/mol. The van der Waals surface area contributed by atoms with Gasteiger partial charge >= 0.3 is 0 Å². The lowest BCUT2D eigenvalue weighted by molar-refractivity contribution is 0.248. The van der Waals surface area contributed by atoms with E-state index < -0.39 is 0 Å². The first kappa shape index (κ1) is 14.6. The van der Waals surface area contributed by atoms with Gasteiger partial charge in [-0.2, -0.15) is 0 Å². The Morgan fingerprint density at radius 2 is 2.12 bits per heavy atom. The van der Waals surface area contributed by atoms with Crippen LogP contribution in [-0.2, 0) is 0 Å². The van der Waals surface area contributed by atoms with Gasteiger partial charge in [0.05, 0.1) is 10.0 Å². The Balaban J connectivity index is 2.54. The van der Waals surface area contributed by atoms with E-state index in [1.54, 1.807) is 12.3 Å². The van der Waals surface area contributed by atoms with Gasteiger partial charge in [-0.25, -0.2) is 4.98 Å². The highest BCUT2D eigenvalue weighted by molar-refractivity contribution is 6.35. The van der Waals surface area contributed by atoms with Crippen LogP contribution in [0.4, 0.5) is 5.82 Å². The van der Waals surface area contributed by atoms with Crippen molar-refractivity contribution in [2.75, 3.05) is 18.5 Å². The van der Waals surface area contributed by atoms with Crippen LogP contribution in [0.25, 0.3) is 0 Å². The van der Waals surface area contributed by atoms with Crippen LogP contribution in [0.3, 0.4) is 0 Å². The molecule has 0 aromatic carbocycles. The quantitative estimate of drug-likeness (QED) is 0.835. The zero-order valence-corrected chi connectivity index (χ0v) is 11.6. The van der Waals surface area contributed by atoms with Crippen LogP contribution < -0.4 is 5.32 Å². The van der Waals surface area contributed by atoms with Gasteiger partial charge in [0.2, 0.25) is 0 Å². The Bertz CT molecular complexity index is 370. The van der Waals surface area contributed by atoms with Gasteiger partial charge in [0.1, 0.15) is 5.82 Å². The molecule has 0 fully saturated rings. The molecule has 0 aliphatic rings. The van der Waals surface area contributed by atoms with Crippen molar-refractivity contribution < 1.29 is 5.11 Å². The SMILES string of the molecule is CC(C)(CCCO)CNc1ncc(Cl)cc1Cl. The monoisotopic (exact) mass is 276 g/mol. The van der Waals surface area contributed by atoms with Crippen molar-refractivity contribution in [3.63, 3.8) is 0 Å². The largest absolute Gasteiger partial charge is 0.396 e. The lowest BCUT2D eigenvalue weighted by Gasteiger charge is -2.25. The Labute approximate surface area is 112 Å². The number of anilines is 1. The number of hydrogen-bond acceptors (Lipinski definition) is 3. The van der Waals surface area contributed by atoms with E-state index in [-0.39, 0.29) is 12.0 Å². The number of rotatable bonds is 6. The molecule has 0 saturated carbocycles. The third kappa shape index (κ3) is 5.11. The minimum Gasteiger partial charge on any atom is -0.396 e. The molecule has 5 heteroatoms. The molecule has 1 rings (SSSR count). The van der Waals surface area contributed by atoms with E-state index in [9.17, 15) is 0 Å². The summed E-state index contributed by atoms with van der Waals surface area (Å²) in [5.74, 6) is 0.646. The molecule has 3 nitrogen and oxygen atoms in total. The van der Waals surface area contributed by atoms with Gasteiger partial charge in [-0.3, -0.25) is 0 Å². The Morgan fingerprint density at radius 1 is 1.41 bits per heavy atom. The minimum atomic E-state index is 0.0906. The Morgan fingerprint density at radius 3 is 2.71 bits per heavy atom. The third-order valence-electron chi connectivity index (χ3n) is 2.55. The van der Waals surface area contributed by atoms with Crippen molar-refractivity contribution in [2.45, 2.75) is 26.7 Å². The third-order valence-corrected chi connectivity index (χ3v) is 3.05. The van der Waals surface area contributed by atoms with Gasteiger partial charge in [0, 0.05) is 19.3 Å². The molecule has 96 valence electrons. The molecule has 0 amide bonds. The van der Waals surface area contributed by atoms with Crippen LogP contribution >= 0.6 is 23.2 Å². The lowest BCUT2D eigenvalue weighted by atomic mass is 9.88. The maximum Gasteiger partial charge on any atom is 0.144 e. The first-order chi connectivity index (χ1) is 7.94. The number of aromatic nitrogens is 1. The fraction of sp³-hybridized carbons (Fsp3) is 0.583. The molecule has 0 radical (unpaired) electrons. The van der Waals surface area contributed by atoms with E-state index in [1.807, 2.05) is 0 Å². The fourth-order valence-electron chi connectivity index (χ4n) is 1.51. The highest BCUT2D eigenvalue weighted by Gasteiger charge is 2.17. The fourth-order valence-corrected chi connectivity index (χ4v) is 1.96. The summed E-state index contributed by atoms with van der Waals surface area (Å²) >= 11 is 11.8. The van der Waals surface area contributed by atoms with Crippen molar-refractivity contribution >= 4 is 29.0 Å². The molecule has 0 saturated heterocycles. The molecule has 0 spiro atoms. The Kier molecular flexibility index (Phi) is 5.50. The molecular weight excluding hydrogens is 259 g/mol. The second-order valence-electron chi connectivity index (χ2n) is 4.83. The van der Waals surface area contributed by atoms with E-state index in [0.717, 1.165) is 19.4 Å². The number of aliphatic hydroxyl groups is 1. The van der Waals surface area contributed by atoms with E-state index >= 15 is 0 Å². The second kappa shape index (κ2) is 6.43. The molecule has 0 aliphatic heterocycles. The standard InChI is InChI=1S/C12H18Cl2N2O/c1-12(2,4-3-5-17)8-16-11-10(14)6-9(13)7-15-11/h6-7,17H,3-5,8H2,1-2H3,(H,15,16). The number of pyridine rings is 1. The molecule has 1 aromatic heterocycles. The summed E-state index contributed by atoms with van der Waals surface area (Å²) in [6.45, 7) is 5.25. The predicted octanol–water partition coefficient (Wildman–Crippen LogP) is 3.60. The van der Waals surface area contributed by atoms with Gasteiger partial charge in [0.25, 0.3) is 0 Å². The maximum absolute atomic E-state index is 8.82. The Hall–Kier alpha value is -0.510. The molecule has 1 aromatic rings. The van der Waals surface area contributed by atoms with Gasteiger partial charge < -0.3 is 10.4 Å². The van der Waals surface area contributed by atoms with Gasteiger partial charge in [-0.05, 0) is 24.3 Å². The van der Waals surface area contributed by atoms with E-state index in [1.165, 1.54) is 0 Å². The van der Waals surface area contributed by atoms with Crippen LogP contribution in [0.1, 0.15) is 26.7 Å². The number of hydrogen-bond donors (Lipinski definition) is 2. The van der Waals surface area contributed by atoms with Crippen molar-refractivity contribution in [3.8, 4) is 0 Å². The second-order valence-corrected chi connectivity index (χ2v) is 5.67. The number of nitrogens with one attached hydrogen (secondary N) is 1. The molecule has 0 atom stereocenters. The van der Waals surface area contributed by atoms with Crippen molar-refractivity contribution in [3.05, 3.63) is 22.3 Å². The highest BCUT2D eigenvalue weighted by Crippen LogP contribution is 2.26. The highest BCUT2D eigenvalue weighted by atomic mass is 35.5. The van der Waals surface area contributed by atoms with E-state index in [2.05, 4.69) is 24.1 Å².